The number of hydrogen-bond acceptors (Lipinski definition) is 2. The average Bonchev–Trinajstić information content (AvgIpc) is 2.55. The van der Waals surface area contributed by atoms with Gasteiger partial charge < -0.3 is 10.0 Å². The molecule has 2 rings (SSSR count). The zero-order valence-corrected chi connectivity index (χ0v) is 10.3. The van der Waals surface area contributed by atoms with E-state index in [2.05, 4.69) is 0 Å². The van der Waals surface area contributed by atoms with Crippen LogP contribution in [0.2, 0.25) is 0 Å². The number of carbonyl (C=O) groups excluding carboxylic acids is 1. The van der Waals surface area contributed by atoms with Crippen LogP contribution in [0.25, 0.3) is 0 Å². The summed E-state index contributed by atoms with van der Waals surface area (Å²) in [5, 5.41) is 10.0. The number of hydrogen-bond donors (Lipinski definition) is 1. The molecule has 4 heteroatoms. The number of rotatable bonds is 3. The number of aliphatic hydroxyl groups excluding tert-OH is 1. The highest BCUT2D eigenvalue weighted by molar-refractivity contribution is 5.76. The van der Waals surface area contributed by atoms with Crippen LogP contribution in [0.15, 0.2) is 24.3 Å². The fourth-order valence-corrected chi connectivity index (χ4v) is 2.28. The van der Waals surface area contributed by atoms with Gasteiger partial charge in [0.2, 0.25) is 5.91 Å². The number of β-amino-alcohol motifs (C(OH)–C–C–N with tert-alkyl or cyclic N) is 1. The molecule has 1 aromatic rings. The molecule has 1 aliphatic heterocycles. The smallest absolute Gasteiger partial charge is 0.222 e. The van der Waals surface area contributed by atoms with Crippen molar-refractivity contribution in [2.24, 2.45) is 0 Å². The molecule has 1 fully saturated rings. The van der Waals surface area contributed by atoms with Gasteiger partial charge in [0.15, 0.2) is 0 Å². The van der Waals surface area contributed by atoms with Crippen LogP contribution in [0.1, 0.15) is 37.4 Å². The molecule has 1 aromatic carbocycles. The Bertz CT molecular complexity index is 422. The van der Waals surface area contributed by atoms with Gasteiger partial charge in [0.05, 0.1) is 12.6 Å². The molecule has 1 aliphatic rings. The lowest BCUT2D eigenvalue weighted by Crippen LogP contribution is -2.34. The molecule has 98 valence electrons. The summed E-state index contributed by atoms with van der Waals surface area (Å²) in [6, 6.07) is 6.15. The highest BCUT2D eigenvalue weighted by Crippen LogP contribution is 2.20. The van der Waals surface area contributed by atoms with Gasteiger partial charge in [-0.2, -0.15) is 0 Å². The minimum Gasteiger partial charge on any atom is -0.386 e. The number of aliphatic hydroxyl groups is 1. The summed E-state index contributed by atoms with van der Waals surface area (Å²) >= 11 is 0. The van der Waals surface area contributed by atoms with E-state index in [0.717, 1.165) is 19.3 Å². The molecular formula is C14H18FNO2. The summed E-state index contributed by atoms with van der Waals surface area (Å²) in [6.07, 6.45) is 2.48. The van der Waals surface area contributed by atoms with Crippen molar-refractivity contribution in [2.45, 2.75) is 31.8 Å². The molecule has 1 amide bonds. The SMILES string of the molecule is O=C1CCCCCN1CC(O)c1ccccc1F. The Morgan fingerprint density at radius 2 is 2.06 bits per heavy atom. The fourth-order valence-electron chi connectivity index (χ4n) is 2.28. The first-order chi connectivity index (χ1) is 8.68. The topological polar surface area (TPSA) is 40.5 Å². The summed E-state index contributed by atoms with van der Waals surface area (Å²) in [5.41, 5.74) is 0.259. The molecule has 1 atom stereocenters. The largest absolute Gasteiger partial charge is 0.386 e. The molecule has 0 aromatic heterocycles. The van der Waals surface area contributed by atoms with Crippen LogP contribution < -0.4 is 0 Å². The van der Waals surface area contributed by atoms with Gasteiger partial charge in [0, 0.05) is 18.5 Å². The van der Waals surface area contributed by atoms with Gasteiger partial charge in [-0.25, -0.2) is 4.39 Å². The Morgan fingerprint density at radius 1 is 1.28 bits per heavy atom. The minimum absolute atomic E-state index is 0.0582. The Kier molecular flexibility index (Phi) is 4.31. The summed E-state index contributed by atoms with van der Waals surface area (Å²) < 4.78 is 13.5. The Hall–Kier alpha value is -1.42. The van der Waals surface area contributed by atoms with Crippen molar-refractivity contribution in [3.05, 3.63) is 35.6 Å². The highest BCUT2D eigenvalue weighted by Gasteiger charge is 2.21. The summed E-state index contributed by atoms with van der Waals surface area (Å²) in [7, 11) is 0. The van der Waals surface area contributed by atoms with E-state index in [0.29, 0.717) is 13.0 Å². The molecule has 1 saturated heterocycles. The van der Waals surface area contributed by atoms with Crippen molar-refractivity contribution in [2.75, 3.05) is 13.1 Å². The highest BCUT2D eigenvalue weighted by atomic mass is 19.1. The molecule has 0 aliphatic carbocycles. The molecule has 0 saturated carbocycles. The van der Waals surface area contributed by atoms with Crippen LogP contribution in [-0.4, -0.2) is 29.0 Å². The second-order valence-corrected chi connectivity index (χ2v) is 4.69. The van der Waals surface area contributed by atoms with Crippen LogP contribution in [0.5, 0.6) is 0 Å². The third-order valence-electron chi connectivity index (χ3n) is 3.33. The van der Waals surface area contributed by atoms with Crippen molar-refractivity contribution in [3.63, 3.8) is 0 Å². The van der Waals surface area contributed by atoms with Gasteiger partial charge in [-0.05, 0) is 18.9 Å². The molecule has 18 heavy (non-hydrogen) atoms. The van der Waals surface area contributed by atoms with E-state index in [4.69, 9.17) is 0 Å². The number of carbonyl (C=O) groups is 1. The van der Waals surface area contributed by atoms with E-state index in [-0.39, 0.29) is 18.0 Å². The van der Waals surface area contributed by atoms with Crippen LogP contribution in [0, 0.1) is 5.82 Å². The van der Waals surface area contributed by atoms with E-state index < -0.39 is 11.9 Å². The van der Waals surface area contributed by atoms with Crippen molar-refractivity contribution in [1.82, 2.24) is 4.90 Å². The predicted octanol–water partition coefficient (Wildman–Crippen LogP) is 2.26. The zero-order valence-electron chi connectivity index (χ0n) is 10.3. The molecule has 0 spiro atoms. The van der Waals surface area contributed by atoms with E-state index in [9.17, 15) is 14.3 Å². The van der Waals surface area contributed by atoms with Gasteiger partial charge in [-0.3, -0.25) is 4.79 Å². The van der Waals surface area contributed by atoms with Crippen molar-refractivity contribution >= 4 is 5.91 Å². The van der Waals surface area contributed by atoms with Gasteiger partial charge in [0.25, 0.3) is 0 Å². The number of nitrogens with zero attached hydrogens (tertiary/aromatic N) is 1. The first-order valence-corrected chi connectivity index (χ1v) is 6.39. The zero-order chi connectivity index (χ0) is 13.0. The molecule has 0 radical (unpaired) electrons. The van der Waals surface area contributed by atoms with Crippen LogP contribution >= 0.6 is 0 Å². The summed E-state index contributed by atoms with van der Waals surface area (Å²) in [5.74, 6) is -0.366. The van der Waals surface area contributed by atoms with Crippen molar-refractivity contribution < 1.29 is 14.3 Å². The lowest BCUT2D eigenvalue weighted by Gasteiger charge is -2.24. The molecule has 1 N–H and O–H groups in total. The molecule has 1 unspecified atom stereocenters. The monoisotopic (exact) mass is 251 g/mol. The van der Waals surface area contributed by atoms with Gasteiger partial charge >= 0.3 is 0 Å². The first-order valence-electron chi connectivity index (χ1n) is 6.39. The fraction of sp³-hybridized carbons (Fsp3) is 0.500. The minimum atomic E-state index is -0.951. The average molecular weight is 251 g/mol. The molecule has 0 bridgehead atoms. The lowest BCUT2D eigenvalue weighted by atomic mass is 10.1. The van der Waals surface area contributed by atoms with Crippen molar-refractivity contribution in [3.8, 4) is 0 Å². The number of amides is 1. The van der Waals surface area contributed by atoms with E-state index >= 15 is 0 Å². The Balaban J connectivity index is 2.04. The second kappa shape index (κ2) is 5.96. The molecule has 3 nitrogen and oxygen atoms in total. The molecular weight excluding hydrogens is 233 g/mol. The lowest BCUT2D eigenvalue weighted by molar-refractivity contribution is -0.132. The van der Waals surface area contributed by atoms with Gasteiger partial charge in [-0.1, -0.05) is 24.6 Å². The first kappa shape index (κ1) is 13.0. The van der Waals surface area contributed by atoms with Gasteiger partial charge in [0.1, 0.15) is 5.82 Å². The third kappa shape index (κ3) is 3.07. The Labute approximate surface area is 106 Å². The van der Waals surface area contributed by atoms with Gasteiger partial charge in [-0.15, -0.1) is 0 Å². The quantitative estimate of drug-likeness (QED) is 0.895. The number of halogens is 1. The van der Waals surface area contributed by atoms with Crippen LogP contribution in [0.4, 0.5) is 4.39 Å². The predicted molar refractivity (Wildman–Crippen MR) is 66.4 cm³/mol. The van der Waals surface area contributed by atoms with E-state index in [1.54, 1.807) is 23.1 Å². The summed E-state index contributed by atoms with van der Waals surface area (Å²) in [4.78, 5) is 13.4. The van der Waals surface area contributed by atoms with Crippen LogP contribution in [0.3, 0.4) is 0 Å². The van der Waals surface area contributed by atoms with E-state index in [1.807, 2.05) is 0 Å². The van der Waals surface area contributed by atoms with Crippen molar-refractivity contribution in [1.29, 1.82) is 0 Å². The van der Waals surface area contributed by atoms with Crippen LogP contribution in [-0.2, 0) is 4.79 Å². The third-order valence-corrected chi connectivity index (χ3v) is 3.33. The van der Waals surface area contributed by atoms with E-state index in [1.165, 1.54) is 6.07 Å². The number of benzene rings is 1. The normalized spacial score (nSPS) is 18.6. The maximum absolute atomic E-state index is 13.5. The Morgan fingerprint density at radius 3 is 2.83 bits per heavy atom. The number of likely N-dealkylation sites (tertiary alicyclic amines) is 1. The maximum Gasteiger partial charge on any atom is 0.222 e. The standard InChI is InChI=1S/C14H18FNO2/c15-12-7-4-3-6-11(12)13(17)10-16-9-5-1-2-8-14(16)18/h3-4,6-7,13,17H,1-2,5,8-10H2. The second-order valence-electron chi connectivity index (χ2n) is 4.69. The maximum atomic E-state index is 13.5. The molecule has 1 heterocycles. The summed E-state index contributed by atoms with van der Waals surface area (Å²) in [6.45, 7) is 0.837.